The summed E-state index contributed by atoms with van der Waals surface area (Å²) in [5.41, 5.74) is 4.57. The zero-order valence-corrected chi connectivity index (χ0v) is 14.8. The van der Waals surface area contributed by atoms with Crippen molar-refractivity contribution in [3.8, 4) is 5.75 Å². The monoisotopic (exact) mass is 344 g/mol. The zero-order chi connectivity index (χ0) is 17.6. The summed E-state index contributed by atoms with van der Waals surface area (Å²) in [5.74, 6) is 0.333. The van der Waals surface area contributed by atoms with Gasteiger partial charge in [0.2, 0.25) is 0 Å². The second-order valence-electron chi connectivity index (χ2n) is 6.41. The molecule has 1 N–H and O–H groups in total. The lowest BCUT2D eigenvalue weighted by Crippen LogP contribution is -2.24. The van der Waals surface area contributed by atoms with Crippen LogP contribution in [-0.2, 0) is 10.2 Å². The smallest absolute Gasteiger partial charge is 0.277 e. The average Bonchev–Trinajstić information content (AvgIpc) is 2.54. The highest BCUT2D eigenvalue weighted by Gasteiger charge is 2.13. The Balaban J connectivity index is 1.79. The first-order chi connectivity index (χ1) is 11.3. The van der Waals surface area contributed by atoms with E-state index in [2.05, 4.69) is 31.3 Å². The first-order valence-corrected chi connectivity index (χ1v) is 8.03. The minimum absolute atomic E-state index is 0.0896. The normalized spacial score (nSPS) is 11.5. The van der Waals surface area contributed by atoms with E-state index in [-0.39, 0.29) is 17.9 Å². The lowest BCUT2D eigenvalue weighted by molar-refractivity contribution is -0.123. The SMILES string of the molecule is CC(C)(C)c1ccc(OCC(=O)NN=Cc2ccc(Cl)cc2)cc1. The third-order valence-corrected chi connectivity index (χ3v) is 3.62. The summed E-state index contributed by atoms with van der Waals surface area (Å²) >= 11 is 5.80. The Morgan fingerprint density at radius 1 is 1.12 bits per heavy atom. The number of hydrogen-bond donors (Lipinski definition) is 1. The fourth-order valence-electron chi connectivity index (χ4n) is 1.96. The predicted molar refractivity (Wildman–Crippen MR) is 97.8 cm³/mol. The van der Waals surface area contributed by atoms with Crippen LogP contribution in [0.4, 0.5) is 0 Å². The minimum atomic E-state index is -0.319. The van der Waals surface area contributed by atoms with Crippen molar-refractivity contribution in [1.82, 2.24) is 5.43 Å². The van der Waals surface area contributed by atoms with Crippen LogP contribution in [0.5, 0.6) is 5.75 Å². The molecular weight excluding hydrogens is 324 g/mol. The maximum Gasteiger partial charge on any atom is 0.277 e. The number of carbonyl (C=O) groups excluding carboxylic acids is 1. The van der Waals surface area contributed by atoms with Gasteiger partial charge < -0.3 is 4.74 Å². The molecule has 0 spiro atoms. The van der Waals surface area contributed by atoms with Gasteiger partial charge in [0.25, 0.3) is 5.91 Å². The molecule has 0 heterocycles. The number of carbonyl (C=O) groups is 1. The molecule has 0 atom stereocenters. The van der Waals surface area contributed by atoms with Gasteiger partial charge in [0, 0.05) is 5.02 Å². The fourth-order valence-corrected chi connectivity index (χ4v) is 2.09. The molecule has 2 aromatic carbocycles. The number of nitrogens with one attached hydrogen (secondary N) is 1. The molecule has 0 aliphatic rings. The van der Waals surface area contributed by atoms with Gasteiger partial charge in [0.05, 0.1) is 6.21 Å². The van der Waals surface area contributed by atoms with E-state index in [0.29, 0.717) is 10.8 Å². The first-order valence-electron chi connectivity index (χ1n) is 7.65. The lowest BCUT2D eigenvalue weighted by atomic mass is 9.87. The first kappa shape index (κ1) is 18.0. The standard InChI is InChI=1S/C19H21ClN2O2/c1-19(2,3)15-6-10-17(11-7-15)24-13-18(23)22-21-12-14-4-8-16(20)9-5-14/h4-12H,13H2,1-3H3,(H,22,23). The molecule has 0 aliphatic carbocycles. The van der Waals surface area contributed by atoms with Gasteiger partial charge in [-0.05, 0) is 40.8 Å². The summed E-state index contributed by atoms with van der Waals surface area (Å²) in [4.78, 5) is 11.7. The van der Waals surface area contributed by atoms with Crippen molar-refractivity contribution in [1.29, 1.82) is 0 Å². The molecule has 2 rings (SSSR count). The van der Waals surface area contributed by atoms with E-state index in [9.17, 15) is 4.79 Å². The summed E-state index contributed by atoms with van der Waals surface area (Å²) in [6, 6.07) is 14.9. The molecule has 0 aromatic heterocycles. The maximum absolute atomic E-state index is 11.7. The molecule has 0 fully saturated rings. The van der Waals surface area contributed by atoms with Gasteiger partial charge in [0.15, 0.2) is 6.61 Å². The minimum Gasteiger partial charge on any atom is -0.484 e. The Morgan fingerprint density at radius 3 is 2.33 bits per heavy atom. The highest BCUT2D eigenvalue weighted by Crippen LogP contribution is 2.24. The Hall–Kier alpha value is -2.33. The summed E-state index contributed by atoms with van der Waals surface area (Å²) in [6.45, 7) is 6.35. The number of nitrogens with zero attached hydrogens (tertiary/aromatic N) is 1. The molecule has 1 amide bonds. The van der Waals surface area contributed by atoms with Gasteiger partial charge in [0.1, 0.15) is 5.75 Å². The number of hydrazone groups is 1. The number of rotatable bonds is 5. The van der Waals surface area contributed by atoms with Crippen LogP contribution in [0.2, 0.25) is 5.02 Å². The number of amides is 1. The van der Waals surface area contributed by atoms with E-state index < -0.39 is 0 Å². The van der Waals surface area contributed by atoms with Gasteiger partial charge in [-0.15, -0.1) is 0 Å². The largest absolute Gasteiger partial charge is 0.484 e. The van der Waals surface area contributed by atoms with Gasteiger partial charge in [-0.25, -0.2) is 5.43 Å². The molecule has 0 saturated heterocycles. The molecule has 4 nitrogen and oxygen atoms in total. The van der Waals surface area contributed by atoms with Crippen molar-refractivity contribution in [2.24, 2.45) is 5.10 Å². The third kappa shape index (κ3) is 5.70. The topological polar surface area (TPSA) is 50.7 Å². The lowest BCUT2D eigenvalue weighted by Gasteiger charge is -2.19. The molecule has 0 saturated carbocycles. The van der Waals surface area contributed by atoms with Crippen molar-refractivity contribution >= 4 is 23.7 Å². The van der Waals surface area contributed by atoms with Crippen LogP contribution < -0.4 is 10.2 Å². The quantitative estimate of drug-likeness (QED) is 0.653. The highest BCUT2D eigenvalue weighted by molar-refractivity contribution is 6.30. The van der Waals surface area contributed by atoms with E-state index in [4.69, 9.17) is 16.3 Å². The number of benzene rings is 2. The number of hydrogen-bond acceptors (Lipinski definition) is 3. The van der Waals surface area contributed by atoms with Crippen LogP contribution in [-0.4, -0.2) is 18.7 Å². The highest BCUT2D eigenvalue weighted by atomic mass is 35.5. The van der Waals surface area contributed by atoms with Gasteiger partial charge in [-0.2, -0.15) is 5.10 Å². The molecule has 0 unspecified atom stereocenters. The van der Waals surface area contributed by atoms with Crippen LogP contribution in [0.15, 0.2) is 53.6 Å². The van der Waals surface area contributed by atoms with E-state index in [1.54, 1.807) is 18.3 Å². The van der Waals surface area contributed by atoms with E-state index in [1.165, 1.54) is 5.56 Å². The third-order valence-electron chi connectivity index (χ3n) is 3.36. The average molecular weight is 345 g/mol. The van der Waals surface area contributed by atoms with Crippen molar-refractivity contribution in [2.45, 2.75) is 26.2 Å². The molecule has 2 aromatic rings. The molecule has 126 valence electrons. The summed E-state index contributed by atoms with van der Waals surface area (Å²) < 4.78 is 5.45. The van der Waals surface area contributed by atoms with E-state index >= 15 is 0 Å². The van der Waals surface area contributed by atoms with Gasteiger partial charge in [-0.3, -0.25) is 4.79 Å². The molecule has 24 heavy (non-hydrogen) atoms. The summed E-state index contributed by atoms with van der Waals surface area (Å²) in [7, 11) is 0. The van der Waals surface area contributed by atoms with Gasteiger partial charge in [-0.1, -0.05) is 56.6 Å². The second kappa shape index (κ2) is 7.97. The van der Waals surface area contributed by atoms with E-state index in [1.807, 2.05) is 36.4 Å². The Morgan fingerprint density at radius 2 is 1.75 bits per heavy atom. The Kier molecular flexibility index (Phi) is 5.99. The fraction of sp³-hybridized carbons (Fsp3) is 0.263. The molecule has 0 radical (unpaired) electrons. The van der Waals surface area contributed by atoms with Crippen molar-refractivity contribution < 1.29 is 9.53 Å². The second-order valence-corrected chi connectivity index (χ2v) is 6.84. The molecule has 0 aliphatic heterocycles. The molecule has 0 bridgehead atoms. The summed E-state index contributed by atoms with van der Waals surface area (Å²) in [5, 5.41) is 4.54. The Labute approximate surface area is 147 Å². The molecular formula is C19H21ClN2O2. The van der Waals surface area contributed by atoms with Crippen LogP contribution in [0.25, 0.3) is 0 Å². The van der Waals surface area contributed by atoms with E-state index in [0.717, 1.165) is 5.56 Å². The predicted octanol–water partition coefficient (Wildman–Crippen LogP) is 4.17. The van der Waals surface area contributed by atoms with Gasteiger partial charge >= 0.3 is 0 Å². The summed E-state index contributed by atoms with van der Waals surface area (Å²) in [6.07, 6.45) is 1.55. The van der Waals surface area contributed by atoms with Crippen LogP contribution in [0.1, 0.15) is 31.9 Å². The maximum atomic E-state index is 11.7. The molecule has 5 heteroatoms. The zero-order valence-electron chi connectivity index (χ0n) is 14.0. The van der Waals surface area contributed by atoms with Crippen LogP contribution in [0.3, 0.4) is 0 Å². The van der Waals surface area contributed by atoms with Crippen molar-refractivity contribution in [2.75, 3.05) is 6.61 Å². The Bertz CT molecular complexity index is 702. The van der Waals surface area contributed by atoms with Crippen LogP contribution >= 0.6 is 11.6 Å². The van der Waals surface area contributed by atoms with Crippen molar-refractivity contribution in [3.05, 3.63) is 64.7 Å². The number of halogens is 1. The van der Waals surface area contributed by atoms with Crippen LogP contribution in [0, 0.1) is 0 Å². The van der Waals surface area contributed by atoms with Crippen molar-refractivity contribution in [3.63, 3.8) is 0 Å². The number of ether oxygens (including phenoxy) is 1.